The molecule has 1 atom stereocenters. The molecule has 1 unspecified atom stereocenters. The zero-order chi connectivity index (χ0) is 11.7. The monoisotopic (exact) mass is 214 g/mol. The molecule has 0 radical (unpaired) electrons. The van der Waals surface area contributed by atoms with E-state index >= 15 is 0 Å². The van der Waals surface area contributed by atoms with E-state index in [0.717, 1.165) is 0 Å². The van der Waals surface area contributed by atoms with E-state index in [-0.39, 0.29) is 0 Å². The lowest BCUT2D eigenvalue weighted by atomic mass is 9.99. The summed E-state index contributed by atoms with van der Waals surface area (Å²) in [5.41, 5.74) is -0.499. The molecule has 0 saturated carbocycles. The first-order valence-corrected chi connectivity index (χ1v) is 5.29. The van der Waals surface area contributed by atoms with E-state index in [1.54, 1.807) is 7.11 Å². The molecule has 0 bridgehead atoms. The first kappa shape index (κ1) is 14.4. The maximum atomic E-state index is 9.04. The van der Waals surface area contributed by atoms with Gasteiger partial charge in [-0.05, 0) is 20.8 Å². The van der Waals surface area contributed by atoms with Gasteiger partial charge in [-0.1, -0.05) is 0 Å². The minimum atomic E-state index is -0.499. The highest BCUT2D eigenvalue weighted by atomic mass is 16.5. The molecule has 0 aliphatic heterocycles. The number of hydrogen-bond acceptors (Lipinski definition) is 4. The van der Waals surface area contributed by atoms with E-state index in [4.69, 9.17) is 14.7 Å². The van der Waals surface area contributed by atoms with Crippen LogP contribution in [0.15, 0.2) is 0 Å². The van der Waals surface area contributed by atoms with Crippen molar-refractivity contribution in [2.45, 2.75) is 38.8 Å². The van der Waals surface area contributed by atoms with Crippen molar-refractivity contribution in [3.8, 4) is 6.07 Å². The van der Waals surface area contributed by atoms with Crippen molar-refractivity contribution in [3.63, 3.8) is 0 Å². The highest BCUT2D eigenvalue weighted by Crippen LogP contribution is 2.09. The van der Waals surface area contributed by atoms with Crippen LogP contribution in [-0.2, 0) is 9.47 Å². The summed E-state index contributed by atoms with van der Waals surface area (Å²) < 4.78 is 10.2. The smallest absolute Gasteiger partial charge is 0.106 e. The summed E-state index contributed by atoms with van der Waals surface area (Å²) in [6.45, 7) is 7.71. The molecule has 0 aromatic heterocycles. The Morgan fingerprint density at radius 3 is 2.47 bits per heavy atom. The topological polar surface area (TPSA) is 54.3 Å². The molecule has 0 saturated heterocycles. The fourth-order valence-corrected chi connectivity index (χ4v) is 1.32. The van der Waals surface area contributed by atoms with Crippen molar-refractivity contribution in [2.75, 3.05) is 26.9 Å². The largest absolute Gasteiger partial charge is 0.382 e. The van der Waals surface area contributed by atoms with Gasteiger partial charge in [0.1, 0.15) is 5.54 Å². The maximum absolute atomic E-state index is 9.04. The third kappa shape index (κ3) is 7.32. The lowest BCUT2D eigenvalue weighted by Crippen LogP contribution is -2.45. The first-order chi connectivity index (χ1) is 7.04. The molecule has 4 heteroatoms. The van der Waals surface area contributed by atoms with Crippen LogP contribution in [0.5, 0.6) is 0 Å². The third-order valence-corrected chi connectivity index (χ3v) is 2.03. The molecule has 15 heavy (non-hydrogen) atoms. The molecule has 88 valence electrons. The van der Waals surface area contributed by atoms with Crippen LogP contribution in [0.25, 0.3) is 0 Å². The zero-order valence-corrected chi connectivity index (χ0v) is 10.2. The van der Waals surface area contributed by atoms with E-state index < -0.39 is 5.54 Å². The second-order valence-corrected chi connectivity index (χ2v) is 4.10. The Labute approximate surface area is 92.6 Å². The van der Waals surface area contributed by atoms with Gasteiger partial charge in [0.15, 0.2) is 0 Å². The molecular weight excluding hydrogens is 192 g/mol. The minimum absolute atomic E-state index is 0.300. The summed E-state index contributed by atoms with van der Waals surface area (Å²) in [4.78, 5) is 0. The lowest BCUT2D eigenvalue weighted by molar-refractivity contribution is 0.0625. The highest BCUT2D eigenvalue weighted by Gasteiger charge is 2.23. The Morgan fingerprint density at radius 2 is 2.00 bits per heavy atom. The van der Waals surface area contributed by atoms with Crippen LogP contribution in [0, 0.1) is 11.3 Å². The van der Waals surface area contributed by atoms with Crippen molar-refractivity contribution in [3.05, 3.63) is 0 Å². The van der Waals surface area contributed by atoms with E-state index in [1.807, 2.05) is 20.8 Å². The van der Waals surface area contributed by atoms with Crippen LogP contribution in [0.1, 0.15) is 27.2 Å². The van der Waals surface area contributed by atoms with Gasteiger partial charge < -0.3 is 9.47 Å². The fraction of sp³-hybridized carbons (Fsp3) is 0.909. The molecule has 0 aliphatic carbocycles. The molecule has 0 aromatic carbocycles. The van der Waals surface area contributed by atoms with Gasteiger partial charge in [-0.25, -0.2) is 0 Å². The standard InChI is InChI=1S/C11H22N2O2/c1-10(2)13-11(3,9-12)5-6-15-8-7-14-4/h10,13H,5-8H2,1-4H3. The number of methoxy groups -OCH3 is 1. The van der Waals surface area contributed by atoms with E-state index in [0.29, 0.717) is 32.3 Å². The normalized spacial score (nSPS) is 14.9. The lowest BCUT2D eigenvalue weighted by Gasteiger charge is -2.25. The molecule has 0 amide bonds. The van der Waals surface area contributed by atoms with Crippen molar-refractivity contribution in [2.24, 2.45) is 0 Å². The summed E-state index contributed by atoms with van der Waals surface area (Å²) in [6.07, 6.45) is 0.686. The molecule has 0 heterocycles. The number of nitrogens with zero attached hydrogens (tertiary/aromatic N) is 1. The van der Waals surface area contributed by atoms with Gasteiger partial charge in [0.2, 0.25) is 0 Å². The van der Waals surface area contributed by atoms with Crippen LogP contribution in [0.3, 0.4) is 0 Å². The summed E-state index contributed by atoms with van der Waals surface area (Å²) in [5, 5.41) is 12.3. The van der Waals surface area contributed by atoms with Gasteiger partial charge in [-0.2, -0.15) is 5.26 Å². The van der Waals surface area contributed by atoms with Gasteiger partial charge in [-0.15, -0.1) is 0 Å². The molecule has 4 nitrogen and oxygen atoms in total. The Bertz CT molecular complexity index is 201. The number of ether oxygens (including phenoxy) is 2. The Hall–Kier alpha value is -0.630. The molecule has 0 rings (SSSR count). The van der Waals surface area contributed by atoms with Crippen molar-refractivity contribution in [1.29, 1.82) is 5.26 Å². The highest BCUT2D eigenvalue weighted by molar-refractivity contribution is 5.04. The van der Waals surface area contributed by atoms with Gasteiger partial charge in [0, 0.05) is 26.2 Å². The average molecular weight is 214 g/mol. The molecule has 0 aliphatic rings. The van der Waals surface area contributed by atoms with Crippen LogP contribution < -0.4 is 5.32 Å². The van der Waals surface area contributed by atoms with Gasteiger partial charge in [0.25, 0.3) is 0 Å². The van der Waals surface area contributed by atoms with Crippen molar-refractivity contribution in [1.82, 2.24) is 5.32 Å². The van der Waals surface area contributed by atoms with E-state index in [2.05, 4.69) is 11.4 Å². The van der Waals surface area contributed by atoms with Gasteiger partial charge in [0.05, 0.1) is 19.3 Å². The molecule has 1 N–H and O–H groups in total. The first-order valence-electron chi connectivity index (χ1n) is 5.29. The predicted octanol–water partition coefficient (Wildman–Crippen LogP) is 1.32. The number of nitriles is 1. The summed E-state index contributed by atoms with van der Waals surface area (Å²) in [6, 6.07) is 2.58. The second kappa shape index (κ2) is 7.63. The molecule has 0 spiro atoms. The Balaban J connectivity index is 3.74. The Morgan fingerprint density at radius 1 is 1.33 bits per heavy atom. The number of hydrogen-bond donors (Lipinski definition) is 1. The van der Waals surface area contributed by atoms with Gasteiger partial charge in [-0.3, -0.25) is 5.32 Å². The molecule has 0 aromatic rings. The number of nitrogens with one attached hydrogen (secondary N) is 1. The summed E-state index contributed by atoms with van der Waals surface area (Å²) in [7, 11) is 1.64. The molecular formula is C11H22N2O2. The van der Waals surface area contributed by atoms with Crippen molar-refractivity contribution < 1.29 is 9.47 Å². The average Bonchev–Trinajstić information content (AvgIpc) is 2.16. The third-order valence-electron chi connectivity index (χ3n) is 2.03. The second-order valence-electron chi connectivity index (χ2n) is 4.10. The minimum Gasteiger partial charge on any atom is -0.382 e. The summed E-state index contributed by atoms with van der Waals surface area (Å²) in [5.74, 6) is 0. The van der Waals surface area contributed by atoms with E-state index in [1.165, 1.54) is 0 Å². The van der Waals surface area contributed by atoms with Gasteiger partial charge >= 0.3 is 0 Å². The quantitative estimate of drug-likeness (QED) is 0.619. The fourth-order valence-electron chi connectivity index (χ4n) is 1.32. The van der Waals surface area contributed by atoms with Crippen LogP contribution in [0.2, 0.25) is 0 Å². The number of rotatable bonds is 8. The van der Waals surface area contributed by atoms with Crippen LogP contribution >= 0.6 is 0 Å². The van der Waals surface area contributed by atoms with Crippen LogP contribution in [-0.4, -0.2) is 38.5 Å². The Kier molecular flexibility index (Phi) is 7.31. The van der Waals surface area contributed by atoms with Crippen molar-refractivity contribution >= 4 is 0 Å². The SMILES string of the molecule is COCCOCCC(C)(C#N)NC(C)C. The van der Waals surface area contributed by atoms with Crippen LogP contribution in [0.4, 0.5) is 0 Å². The molecule has 0 fully saturated rings. The van der Waals surface area contributed by atoms with E-state index in [9.17, 15) is 0 Å². The predicted molar refractivity (Wildman–Crippen MR) is 59.6 cm³/mol. The zero-order valence-electron chi connectivity index (χ0n) is 10.2. The maximum Gasteiger partial charge on any atom is 0.106 e. The summed E-state index contributed by atoms with van der Waals surface area (Å²) >= 11 is 0.